The van der Waals surface area contributed by atoms with Crippen molar-refractivity contribution in [2.45, 2.75) is 24.9 Å². The van der Waals surface area contributed by atoms with Crippen LogP contribution in [0.3, 0.4) is 0 Å². The minimum Gasteiger partial charge on any atom is -0.497 e. The first-order valence-corrected chi connectivity index (χ1v) is 7.75. The van der Waals surface area contributed by atoms with Crippen molar-refractivity contribution in [2.24, 2.45) is 5.73 Å². The van der Waals surface area contributed by atoms with Crippen LogP contribution < -0.4 is 20.1 Å². The number of hydrogen-bond acceptors (Lipinski definition) is 4. The van der Waals surface area contributed by atoms with Crippen molar-refractivity contribution >= 4 is 5.69 Å². The zero-order chi connectivity index (χ0) is 15.1. The lowest BCUT2D eigenvalue weighted by molar-refractivity contribution is 0.403. The summed E-state index contributed by atoms with van der Waals surface area (Å²) < 4.78 is 11.5. The Bertz CT molecular complexity index is 701. The molecule has 4 heteroatoms. The van der Waals surface area contributed by atoms with E-state index in [1.807, 2.05) is 30.3 Å². The molecule has 0 saturated carbocycles. The van der Waals surface area contributed by atoms with Gasteiger partial charge in [-0.15, -0.1) is 0 Å². The van der Waals surface area contributed by atoms with E-state index < -0.39 is 0 Å². The molecule has 2 atom stereocenters. The van der Waals surface area contributed by atoms with E-state index in [0.717, 1.165) is 47.9 Å². The van der Waals surface area contributed by atoms with Crippen LogP contribution in [0.5, 0.6) is 17.2 Å². The predicted octanol–water partition coefficient (Wildman–Crippen LogP) is 3.47. The Morgan fingerprint density at radius 2 is 2.05 bits per heavy atom. The number of anilines is 1. The van der Waals surface area contributed by atoms with E-state index in [1.54, 1.807) is 7.11 Å². The van der Waals surface area contributed by atoms with Gasteiger partial charge in [-0.2, -0.15) is 0 Å². The molecule has 0 spiro atoms. The minimum absolute atomic E-state index is 0.0586. The molecule has 2 aliphatic heterocycles. The molecule has 1 fully saturated rings. The van der Waals surface area contributed by atoms with E-state index in [9.17, 15) is 0 Å². The van der Waals surface area contributed by atoms with Crippen LogP contribution in [0, 0.1) is 0 Å². The maximum atomic E-state index is 6.59. The normalized spacial score (nSPS) is 22.7. The van der Waals surface area contributed by atoms with Gasteiger partial charge in [-0.05, 0) is 37.1 Å². The Morgan fingerprint density at radius 3 is 2.91 bits per heavy atom. The molecule has 1 saturated heterocycles. The third-order valence-electron chi connectivity index (χ3n) is 4.69. The molecule has 2 aromatic carbocycles. The number of fused-ring (bicyclic) bond motifs is 4. The quantitative estimate of drug-likeness (QED) is 0.875. The SMILES string of the molecule is COc1ccc2c(c1)Oc1ccccc1N1CCC[C@H]1[C@@H]2N. The van der Waals surface area contributed by atoms with Crippen LogP contribution in [0.1, 0.15) is 24.4 Å². The van der Waals surface area contributed by atoms with Crippen LogP contribution >= 0.6 is 0 Å². The van der Waals surface area contributed by atoms with Gasteiger partial charge < -0.3 is 20.1 Å². The van der Waals surface area contributed by atoms with Crippen LogP contribution in [-0.4, -0.2) is 19.7 Å². The van der Waals surface area contributed by atoms with Crippen LogP contribution in [0.25, 0.3) is 0 Å². The molecule has 0 amide bonds. The summed E-state index contributed by atoms with van der Waals surface area (Å²) >= 11 is 0. The van der Waals surface area contributed by atoms with Gasteiger partial charge in [0, 0.05) is 24.2 Å². The fourth-order valence-corrected chi connectivity index (χ4v) is 3.58. The number of para-hydroxylation sites is 2. The lowest BCUT2D eigenvalue weighted by atomic mass is 9.96. The van der Waals surface area contributed by atoms with Crippen molar-refractivity contribution in [1.82, 2.24) is 0 Å². The summed E-state index contributed by atoms with van der Waals surface area (Å²) in [4.78, 5) is 2.40. The van der Waals surface area contributed by atoms with Gasteiger partial charge in [0.1, 0.15) is 11.5 Å². The zero-order valence-electron chi connectivity index (χ0n) is 12.7. The molecule has 0 unspecified atom stereocenters. The van der Waals surface area contributed by atoms with E-state index in [-0.39, 0.29) is 6.04 Å². The molecule has 4 nitrogen and oxygen atoms in total. The highest BCUT2D eigenvalue weighted by Gasteiger charge is 2.35. The molecular formula is C18H20N2O2. The van der Waals surface area contributed by atoms with Gasteiger partial charge in [0.15, 0.2) is 5.75 Å². The van der Waals surface area contributed by atoms with E-state index in [4.69, 9.17) is 15.2 Å². The van der Waals surface area contributed by atoms with Gasteiger partial charge in [0.25, 0.3) is 0 Å². The number of hydrogen-bond donors (Lipinski definition) is 1. The van der Waals surface area contributed by atoms with Crippen molar-refractivity contribution < 1.29 is 9.47 Å². The summed E-state index contributed by atoms with van der Waals surface area (Å²) in [6.07, 6.45) is 2.28. The van der Waals surface area contributed by atoms with Crippen LogP contribution in [0.4, 0.5) is 5.69 Å². The molecule has 2 aromatic rings. The van der Waals surface area contributed by atoms with Crippen molar-refractivity contribution in [3.8, 4) is 17.2 Å². The molecule has 0 radical (unpaired) electrons. The van der Waals surface area contributed by atoms with Crippen molar-refractivity contribution in [3.05, 3.63) is 48.0 Å². The third kappa shape index (κ3) is 2.03. The smallest absolute Gasteiger partial charge is 0.150 e. The first-order valence-electron chi connectivity index (χ1n) is 7.75. The monoisotopic (exact) mass is 296 g/mol. The second-order valence-electron chi connectivity index (χ2n) is 5.90. The average molecular weight is 296 g/mol. The van der Waals surface area contributed by atoms with Gasteiger partial charge in [0.2, 0.25) is 0 Å². The van der Waals surface area contributed by atoms with Gasteiger partial charge in [-0.25, -0.2) is 0 Å². The van der Waals surface area contributed by atoms with E-state index in [1.165, 1.54) is 0 Å². The molecule has 2 N–H and O–H groups in total. The van der Waals surface area contributed by atoms with Crippen molar-refractivity contribution in [3.63, 3.8) is 0 Å². The highest BCUT2D eigenvalue weighted by Crippen LogP contribution is 2.44. The summed E-state index contributed by atoms with van der Waals surface area (Å²) in [6, 6.07) is 14.4. The van der Waals surface area contributed by atoms with Gasteiger partial charge in [-0.3, -0.25) is 0 Å². The molecule has 22 heavy (non-hydrogen) atoms. The zero-order valence-corrected chi connectivity index (χ0v) is 12.7. The number of benzene rings is 2. The van der Waals surface area contributed by atoms with E-state index in [0.29, 0.717) is 6.04 Å². The fourth-order valence-electron chi connectivity index (χ4n) is 3.58. The molecule has 4 rings (SSSR count). The van der Waals surface area contributed by atoms with Crippen LogP contribution in [0.15, 0.2) is 42.5 Å². The maximum Gasteiger partial charge on any atom is 0.150 e. The standard InChI is InChI=1S/C18H20N2O2/c1-21-12-8-9-13-17(11-12)22-16-7-3-2-5-14(16)20-10-4-6-15(20)18(13)19/h2-3,5,7-9,11,15,18H,4,6,10,19H2,1H3/t15-,18+/m0/s1. The molecular weight excluding hydrogens is 276 g/mol. The lowest BCUT2D eigenvalue weighted by Gasteiger charge is -2.35. The Morgan fingerprint density at radius 1 is 1.18 bits per heavy atom. The first kappa shape index (κ1) is 13.5. The van der Waals surface area contributed by atoms with Crippen LogP contribution in [-0.2, 0) is 0 Å². The van der Waals surface area contributed by atoms with E-state index in [2.05, 4.69) is 17.0 Å². The highest BCUT2D eigenvalue weighted by molar-refractivity contribution is 5.63. The Kier molecular flexibility index (Phi) is 3.19. The summed E-state index contributed by atoms with van der Waals surface area (Å²) in [5.74, 6) is 2.47. The second-order valence-corrected chi connectivity index (χ2v) is 5.90. The number of ether oxygens (including phenoxy) is 2. The summed E-state index contributed by atoms with van der Waals surface area (Å²) in [7, 11) is 1.66. The lowest BCUT2D eigenvalue weighted by Crippen LogP contribution is -2.39. The third-order valence-corrected chi connectivity index (χ3v) is 4.69. The number of nitrogens with two attached hydrogens (primary N) is 1. The number of nitrogens with zero attached hydrogens (tertiary/aromatic N) is 1. The second kappa shape index (κ2) is 5.21. The summed E-state index contributed by atoms with van der Waals surface area (Å²) in [6.45, 7) is 1.03. The Hall–Kier alpha value is -2.20. The molecule has 0 bridgehead atoms. The van der Waals surface area contributed by atoms with Gasteiger partial charge in [-0.1, -0.05) is 12.1 Å². The maximum absolute atomic E-state index is 6.59. The first-order chi connectivity index (χ1) is 10.8. The predicted molar refractivity (Wildman–Crippen MR) is 86.8 cm³/mol. The molecule has 2 heterocycles. The Balaban J connectivity index is 1.89. The van der Waals surface area contributed by atoms with E-state index >= 15 is 0 Å². The molecule has 114 valence electrons. The summed E-state index contributed by atoms with van der Waals surface area (Å²) in [5.41, 5.74) is 8.77. The van der Waals surface area contributed by atoms with Gasteiger partial charge >= 0.3 is 0 Å². The number of methoxy groups -OCH3 is 1. The highest BCUT2D eigenvalue weighted by atomic mass is 16.5. The molecule has 0 aliphatic carbocycles. The molecule has 2 aliphatic rings. The van der Waals surface area contributed by atoms with Crippen molar-refractivity contribution in [2.75, 3.05) is 18.6 Å². The minimum atomic E-state index is -0.0586. The summed E-state index contributed by atoms with van der Waals surface area (Å²) in [5, 5.41) is 0. The molecule has 0 aromatic heterocycles. The topological polar surface area (TPSA) is 47.7 Å². The number of rotatable bonds is 1. The van der Waals surface area contributed by atoms with Gasteiger partial charge in [0.05, 0.1) is 18.8 Å². The largest absolute Gasteiger partial charge is 0.497 e. The fraction of sp³-hybridized carbons (Fsp3) is 0.333. The van der Waals surface area contributed by atoms with Crippen LogP contribution in [0.2, 0.25) is 0 Å². The average Bonchev–Trinajstić information content (AvgIpc) is 3.02. The Labute approximate surface area is 130 Å². The van der Waals surface area contributed by atoms with Crippen molar-refractivity contribution in [1.29, 1.82) is 0 Å².